The van der Waals surface area contributed by atoms with Crippen LogP contribution in [0.15, 0.2) is 12.2 Å². The van der Waals surface area contributed by atoms with E-state index < -0.39 is 5.97 Å². The molecule has 0 heterocycles. The number of carbonyl (C=O) groups excluding carboxylic acids is 1. The molecule has 0 saturated carbocycles. The van der Waals surface area contributed by atoms with E-state index in [1.807, 2.05) is 6.08 Å². The highest BCUT2D eigenvalue weighted by Crippen LogP contribution is 2.11. The summed E-state index contributed by atoms with van der Waals surface area (Å²) in [5.41, 5.74) is 0. The van der Waals surface area contributed by atoms with Gasteiger partial charge in [0, 0.05) is 12.5 Å². The van der Waals surface area contributed by atoms with Crippen molar-refractivity contribution in [1.82, 2.24) is 5.32 Å². The van der Waals surface area contributed by atoms with Gasteiger partial charge in [0.2, 0.25) is 5.91 Å². The van der Waals surface area contributed by atoms with Gasteiger partial charge in [-0.3, -0.25) is 9.59 Å². The van der Waals surface area contributed by atoms with Crippen LogP contribution in [-0.2, 0) is 9.59 Å². The summed E-state index contributed by atoms with van der Waals surface area (Å²) in [6, 6.07) is 0.0915. The lowest BCUT2D eigenvalue weighted by Gasteiger charge is -2.12. The Hall–Kier alpha value is -1.32. The minimum Gasteiger partial charge on any atom is -0.481 e. The van der Waals surface area contributed by atoms with Crippen LogP contribution in [0.1, 0.15) is 38.5 Å². The zero-order valence-electron chi connectivity index (χ0n) is 8.74. The maximum atomic E-state index is 11.3. The molecular weight excluding hydrogens is 194 g/mol. The third-order valence-corrected chi connectivity index (χ3v) is 2.42. The fourth-order valence-electron chi connectivity index (χ4n) is 1.60. The Morgan fingerprint density at radius 2 is 2.13 bits per heavy atom. The largest absolute Gasteiger partial charge is 0.481 e. The summed E-state index contributed by atoms with van der Waals surface area (Å²) >= 11 is 0. The fourth-order valence-corrected chi connectivity index (χ4v) is 1.60. The summed E-state index contributed by atoms with van der Waals surface area (Å²) in [5.74, 6) is -1.10. The van der Waals surface area contributed by atoms with Crippen molar-refractivity contribution in [3.05, 3.63) is 12.2 Å². The van der Waals surface area contributed by atoms with E-state index in [0.29, 0.717) is 0 Å². The molecule has 4 nitrogen and oxygen atoms in total. The van der Waals surface area contributed by atoms with E-state index in [2.05, 4.69) is 11.4 Å². The average molecular weight is 211 g/mol. The van der Waals surface area contributed by atoms with Crippen LogP contribution in [-0.4, -0.2) is 23.0 Å². The van der Waals surface area contributed by atoms with Crippen LogP contribution < -0.4 is 5.32 Å². The van der Waals surface area contributed by atoms with Crippen molar-refractivity contribution < 1.29 is 14.7 Å². The minimum absolute atomic E-state index is 0.0691. The summed E-state index contributed by atoms with van der Waals surface area (Å²) in [5, 5.41) is 11.2. The lowest BCUT2D eigenvalue weighted by Crippen LogP contribution is -2.33. The maximum Gasteiger partial charge on any atom is 0.303 e. The molecule has 0 aliphatic heterocycles. The van der Waals surface area contributed by atoms with Crippen molar-refractivity contribution in [1.29, 1.82) is 0 Å². The molecule has 0 spiro atoms. The highest BCUT2D eigenvalue weighted by Gasteiger charge is 2.11. The molecule has 1 unspecified atom stereocenters. The third kappa shape index (κ3) is 5.20. The van der Waals surface area contributed by atoms with Crippen molar-refractivity contribution in [2.45, 2.75) is 44.6 Å². The number of carboxylic acid groups (broad SMARTS) is 1. The first-order valence-electron chi connectivity index (χ1n) is 5.36. The number of hydrogen-bond acceptors (Lipinski definition) is 2. The summed E-state index contributed by atoms with van der Waals surface area (Å²) in [6.07, 6.45) is 8.36. The van der Waals surface area contributed by atoms with Gasteiger partial charge in [0.15, 0.2) is 0 Å². The van der Waals surface area contributed by atoms with Gasteiger partial charge in [0.05, 0.1) is 6.42 Å². The second-order valence-corrected chi connectivity index (χ2v) is 3.78. The van der Waals surface area contributed by atoms with Crippen LogP contribution in [0.2, 0.25) is 0 Å². The van der Waals surface area contributed by atoms with Crippen LogP contribution in [0, 0.1) is 0 Å². The minimum atomic E-state index is -0.929. The van der Waals surface area contributed by atoms with Gasteiger partial charge in [0.1, 0.15) is 0 Å². The van der Waals surface area contributed by atoms with Gasteiger partial charge in [0.25, 0.3) is 0 Å². The van der Waals surface area contributed by atoms with Crippen LogP contribution >= 0.6 is 0 Å². The zero-order valence-corrected chi connectivity index (χ0v) is 8.74. The fraction of sp³-hybridized carbons (Fsp3) is 0.636. The Morgan fingerprint density at radius 3 is 2.87 bits per heavy atom. The number of amides is 1. The summed E-state index contributed by atoms with van der Waals surface area (Å²) < 4.78 is 0. The molecule has 0 bridgehead atoms. The second kappa shape index (κ2) is 6.22. The van der Waals surface area contributed by atoms with Gasteiger partial charge >= 0.3 is 5.97 Å². The lowest BCUT2D eigenvalue weighted by atomic mass is 10.1. The first-order chi connectivity index (χ1) is 7.18. The van der Waals surface area contributed by atoms with E-state index in [1.54, 1.807) is 0 Å². The molecule has 4 heteroatoms. The Morgan fingerprint density at radius 1 is 1.33 bits per heavy atom. The number of carboxylic acids is 1. The van der Waals surface area contributed by atoms with Crippen molar-refractivity contribution in [3.8, 4) is 0 Å². The summed E-state index contributed by atoms with van der Waals surface area (Å²) in [4.78, 5) is 21.6. The van der Waals surface area contributed by atoms with E-state index in [0.717, 1.165) is 25.7 Å². The van der Waals surface area contributed by atoms with Gasteiger partial charge in [-0.15, -0.1) is 0 Å². The molecule has 15 heavy (non-hydrogen) atoms. The second-order valence-electron chi connectivity index (χ2n) is 3.78. The van der Waals surface area contributed by atoms with E-state index in [-0.39, 0.29) is 24.8 Å². The first-order valence-corrected chi connectivity index (χ1v) is 5.36. The molecule has 2 N–H and O–H groups in total. The van der Waals surface area contributed by atoms with E-state index in [9.17, 15) is 9.59 Å². The van der Waals surface area contributed by atoms with Crippen LogP contribution in [0.25, 0.3) is 0 Å². The molecule has 1 aliphatic carbocycles. The molecule has 0 saturated heterocycles. The Bertz CT molecular complexity index is 261. The van der Waals surface area contributed by atoms with Gasteiger partial charge < -0.3 is 10.4 Å². The molecule has 1 rings (SSSR count). The Kier molecular flexibility index (Phi) is 4.87. The predicted octanol–water partition coefficient (Wildman–Crippen LogP) is 1.47. The van der Waals surface area contributed by atoms with Crippen LogP contribution in [0.5, 0.6) is 0 Å². The molecule has 0 fully saturated rings. The molecule has 1 aliphatic rings. The average Bonchev–Trinajstić information content (AvgIpc) is 2.43. The monoisotopic (exact) mass is 211 g/mol. The molecule has 0 aromatic heterocycles. The van der Waals surface area contributed by atoms with Gasteiger partial charge in [-0.05, 0) is 19.3 Å². The number of rotatable bonds is 4. The highest BCUT2D eigenvalue weighted by molar-refractivity contribution is 5.80. The Balaban J connectivity index is 2.26. The van der Waals surface area contributed by atoms with E-state index >= 15 is 0 Å². The molecule has 0 aromatic rings. The number of nitrogens with one attached hydrogen (secondary N) is 1. The summed E-state index contributed by atoms with van der Waals surface area (Å²) in [6.45, 7) is 0. The summed E-state index contributed by atoms with van der Waals surface area (Å²) in [7, 11) is 0. The molecule has 0 aromatic carbocycles. The third-order valence-electron chi connectivity index (χ3n) is 2.42. The highest BCUT2D eigenvalue weighted by atomic mass is 16.4. The standard InChI is InChI=1S/C11H17NO3/c13-10(7-8-11(14)15)12-9-5-3-1-2-4-6-9/h3,5,9H,1-2,4,6-8H2,(H,12,13)(H,14,15). The molecule has 1 atom stereocenters. The van der Waals surface area contributed by atoms with Crippen LogP contribution in [0.4, 0.5) is 0 Å². The molecule has 1 amide bonds. The molecular formula is C11H17NO3. The van der Waals surface area contributed by atoms with Gasteiger partial charge in [-0.25, -0.2) is 0 Å². The first kappa shape index (κ1) is 11.8. The number of allylic oxidation sites excluding steroid dienone is 1. The van der Waals surface area contributed by atoms with Gasteiger partial charge in [-0.1, -0.05) is 18.6 Å². The molecule has 84 valence electrons. The lowest BCUT2D eigenvalue weighted by molar-refractivity contribution is -0.138. The SMILES string of the molecule is O=C(O)CCC(=O)NC1C=CCCCC1. The van der Waals surface area contributed by atoms with Gasteiger partial charge in [-0.2, -0.15) is 0 Å². The van der Waals surface area contributed by atoms with Crippen molar-refractivity contribution in [3.63, 3.8) is 0 Å². The quantitative estimate of drug-likeness (QED) is 0.692. The van der Waals surface area contributed by atoms with E-state index in [4.69, 9.17) is 5.11 Å². The Labute approximate surface area is 89.4 Å². The zero-order chi connectivity index (χ0) is 11.1. The number of carbonyl (C=O) groups is 2. The maximum absolute atomic E-state index is 11.3. The van der Waals surface area contributed by atoms with Crippen molar-refractivity contribution >= 4 is 11.9 Å². The smallest absolute Gasteiger partial charge is 0.303 e. The van der Waals surface area contributed by atoms with E-state index in [1.165, 1.54) is 0 Å². The molecule has 0 radical (unpaired) electrons. The normalized spacial score (nSPS) is 20.7. The van der Waals surface area contributed by atoms with Crippen molar-refractivity contribution in [2.24, 2.45) is 0 Å². The predicted molar refractivity (Wildman–Crippen MR) is 56.4 cm³/mol. The van der Waals surface area contributed by atoms with Crippen molar-refractivity contribution in [2.75, 3.05) is 0 Å². The topological polar surface area (TPSA) is 66.4 Å². The van der Waals surface area contributed by atoms with Crippen LogP contribution in [0.3, 0.4) is 0 Å². The number of aliphatic carboxylic acids is 1. The number of hydrogen-bond donors (Lipinski definition) is 2.